The number of hydrogen-bond donors (Lipinski definition) is 0. The molecule has 0 amide bonds. The Balaban J connectivity index is 1.68. The van der Waals surface area contributed by atoms with Crippen molar-refractivity contribution in [1.29, 1.82) is 0 Å². The summed E-state index contributed by atoms with van der Waals surface area (Å²) in [6, 6.07) is 15.0. The lowest BCUT2D eigenvalue weighted by atomic mass is 10.0. The molecular formula is C18H22F2. The Kier molecular flexibility index (Phi) is 5.97. The molecule has 0 atom stereocenters. The van der Waals surface area contributed by atoms with Gasteiger partial charge in [-0.15, -0.1) is 0 Å². The quantitative estimate of drug-likeness (QED) is 0.520. The fourth-order valence-electron chi connectivity index (χ4n) is 2.55. The first-order chi connectivity index (χ1) is 9.75. The Morgan fingerprint density at radius 2 is 1.45 bits per heavy atom. The van der Waals surface area contributed by atoms with Crippen molar-refractivity contribution in [2.24, 2.45) is 0 Å². The van der Waals surface area contributed by atoms with Crippen LogP contribution in [0.15, 0.2) is 42.5 Å². The summed E-state index contributed by atoms with van der Waals surface area (Å²) in [5.74, 6) is 0. The van der Waals surface area contributed by atoms with Crippen molar-refractivity contribution in [3.8, 4) is 0 Å². The number of rotatable bonds is 8. The van der Waals surface area contributed by atoms with Crippen LogP contribution in [-0.4, -0.2) is 6.43 Å². The molecule has 0 saturated carbocycles. The van der Waals surface area contributed by atoms with Gasteiger partial charge in [0.25, 0.3) is 0 Å². The van der Waals surface area contributed by atoms with Gasteiger partial charge in [-0.2, -0.15) is 0 Å². The lowest BCUT2D eigenvalue weighted by Crippen LogP contribution is -1.90. The van der Waals surface area contributed by atoms with Crippen molar-refractivity contribution in [3.05, 3.63) is 48.0 Å². The number of halogens is 2. The van der Waals surface area contributed by atoms with Gasteiger partial charge in [0.05, 0.1) is 0 Å². The fourth-order valence-corrected chi connectivity index (χ4v) is 2.55. The molecule has 20 heavy (non-hydrogen) atoms. The molecule has 0 radical (unpaired) electrons. The number of fused-ring (bicyclic) bond motifs is 1. The molecule has 0 nitrogen and oxygen atoms in total. The zero-order valence-corrected chi connectivity index (χ0v) is 11.8. The van der Waals surface area contributed by atoms with Gasteiger partial charge in [-0.1, -0.05) is 61.7 Å². The first-order valence-electron chi connectivity index (χ1n) is 7.51. The summed E-state index contributed by atoms with van der Waals surface area (Å²) >= 11 is 0. The lowest BCUT2D eigenvalue weighted by Gasteiger charge is -2.04. The molecule has 0 unspecified atom stereocenters. The zero-order chi connectivity index (χ0) is 14.2. The van der Waals surface area contributed by atoms with Crippen LogP contribution in [0, 0.1) is 0 Å². The van der Waals surface area contributed by atoms with Crippen LogP contribution in [0.3, 0.4) is 0 Å². The third kappa shape index (κ3) is 4.92. The van der Waals surface area contributed by atoms with Gasteiger partial charge in [0, 0.05) is 6.42 Å². The highest BCUT2D eigenvalue weighted by atomic mass is 19.3. The fraction of sp³-hybridized carbons (Fsp3) is 0.444. The topological polar surface area (TPSA) is 0 Å². The van der Waals surface area contributed by atoms with Crippen LogP contribution >= 0.6 is 0 Å². The molecule has 0 aliphatic heterocycles. The third-order valence-corrected chi connectivity index (χ3v) is 3.70. The van der Waals surface area contributed by atoms with Crippen molar-refractivity contribution < 1.29 is 8.78 Å². The maximum absolute atomic E-state index is 12.0. The largest absolute Gasteiger partial charge is 0.238 e. The Bertz CT molecular complexity index is 520. The minimum Gasteiger partial charge on any atom is -0.211 e. The highest BCUT2D eigenvalue weighted by Gasteiger charge is 2.01. The van der Waals surface area contributed by atoms with Crippen molar-refractivity contribution >= 4 is 10.8 Å². The minimum atomic E-state index is -2.13. The maximum Gasteiger partial charge on any atom is 0.238 e. The third-order valence-electron chi connectivity index (χ3n) is 3.70. The van der Waals surface area contributed by atoms with E-state index in [-0.39, 0.29) is 6.42 Å². The molecule has 0 N–H and O–H groups in total. The average Bonchev–Trinajstić information content (AvgIpc) is 2.46. The van der Waals surface area contributed by atoms with Crippen LogP contribution in [0.1, 0.15) is 44.1 Å². The van der Waals surface area contributed by atoms with Crippen LogP contribution < -0.4 is 0 Å². The van der Waals surface area contributed by atoms with E-state index in [9.17, 15) is 8.78 Å². The summed E-state index contributed by atoms with van der Waals surface area (Å²) in [5.41, 5.74) is 1.37. The smallest absolute Gasteiger partial charge is 0.211 e. The van der Waals surface area contributed by atoms with Crippen LogP contribution in [0.4, 0.5) is 8.78 Å². The van der Waals surface area contributed by atoms with Gasteiger partial charge >= 0.3 is 0 Å². The van der Waals surface area contributed by atoms with E-state index in [1.54, 1.807) is 0 Å². The van der Waals surface area contributed by atoms with Crippen LogP contribution in [-0.2, 0) is 6.42 Å². The zero-order valence-electron chi connectivity index (χ0n) is 11.8. The predicted molar refractivity (Wildman–Crippen MR) is 81.4 cm³/mol. The number of alkyl halides is 2. The van der Waals surface area contributed by atoms with Crippen molar-refractivity contribution in [2.75, 3.05) is 0 Å². The number of aryl methyl sites for hydroxylation is 1. The predicted octanol–water partition coefficient (Wildman–Crippen LogP) is 5.99. The normalized spacial score (nSPS) is 11.3. The molecule has 0 aliphatic carbocycles. The van der Waals surface area contributed by atoms with Gasteiger partial charge in [0.1, 0.15) is 0 Å². The molecule has 2 aromatic rings. The molecule has 0 aliphatic rings. The molecule has 2 aromatic carbocycles. The molecule has 2 heteroatoms. The first-order valence-corrected chi connectivity index (χ1v) is 7.51. The molecule has 0 spiro atoms. The second-order valence-corrected chi connectivity index (χ2v) is 5.38. The van der Waals surface area contributed by atoms with Crippen LogP contribution in [0.25, 0.3) is 10.8 Å². The van der Waals surface area contributed by atoms with Crippen LogP contribution in [0.2, 0.25) is 0 Å². The molecule has 0 heterocycles. The molecule has 0 aromatic heterocycles. The van der Waals surface area contributed by atoms with E-state index in [1.165, 1.54) is 16.3 Å². The van der Waals surface area contributed by atoms with Gasteiger partial charge < -0.3 is 0 Å². The SMILES string of the molecule is FC(F)CCCCCCCc1ccc2ccccc2c1. The molecule has 0 saturated heterocycles. The summed E-state index contributed by atoms with van der Waals surface area (Å²) in [7, 11) is 0. The van der Waals surface area contributed by atoms with E-state index in [1.807, 2.05) is 0 Å². The van der Waals surface area contributed by atoms with E-state index < -0.39 is 6.43 Å². The van der Waals surface area contributed by atoms with Crippen molar-refractivity contribution in [1.82, 2.24) is 0 Å². The lowest BCUT2D eigenvalue weighted by molar-refractivity contribution is 0.133. The molecular weight excluding hydrogens is 254 g/mol. The summed E-state index contributed by atoms with van der Waals surface area (Å²) < 4.78 is 23.9. The minimum absolute atomic E-state index is 0.0602. The van der Waals surface area contributed by atoms with E-state index >= 15 is 0 Å². The summed E-state index contributed by atoms with van der Waals surface area (Å²) in [4.78, 5) is 0. The van der Waals surface area contributed by atoms with E-state index in [4.69, 9.17) is 0 Å². The highest BCUT2D eigenvalue weighted by Crippen LogP contribution is 2.18. The van der Waals surface area contributed by atoms with E-state index in [2.05, 4.69) is 42.5 Å². The van der Waals surface area contributed by atoms with Gasteiger partial charge in [0.15, 0.2) is 0 Å². The molecule has 0 bridgehead atoms. The van der Waals surface area contributed by atoms with Crippen LogP contribution in [0.5, 0.6) is 0 Å². The molecule has 0 fully saturated rings. The standard InChI is InChI=1S/C18H22F2/c19-18(20)11-5-3-1-2-4-8-15-12-13-16-9-6-7-10-17(16)14-15/h6-7,9-10,12-14,18H,1-5,8,11H2. The Morgan fingerprint density at radius 1 is 0.750 bits per heavy atom. The van der Waals surface area contributed by atoms with Gasteiger partial charge in [-0.05, 0) is 35.6 Å². The van der Waals surface area contributed by atoms with Crippen molar-refractivity contribution in [3.63, 3.8) is 0 Å². The molecule has 108 valence electrons. The second-order valence-electron chi connectivity index (χ2n) is 5.38. The maximum atomic E-state index is 12.0. The average molecular weight is 276 g/mol. The van der Waals surface area contributed by atoms with E-state index in [0.717, 1.165) is 32.1 Å². The number of hydrogen-bond acceptors (Lipinski definition) is 0. The van der Waals surface area contributed by atoms with E-state index in [0.29, 0.717) is 6.42 Å². The van der Waals surface area contributed by atoms with Gasteiger partial charge in [-0.25, -0.2) is 8.78 Å². The van der Waals surface area contributed by atoms with Gasteiger partial charge in [-0.3, -0.25) is 0 Å². The summed E-state index contributed by atoms with van der Waals surface area (Å²) in [6.07, 6.45) is 3.95. The highest BCUT2D eigenvalue weighted by molar-refractivity contribution is 5.82. The Hall–Kier alpha value is -1.44. The monoisotopic (exact) mass is 276 g/mol. The Morgan fingerprint density at radius 3 is 2.25 bits per heavy atom. The first kappa shape index (κ1) is 15.0. The molecule has 2 rings (SSSR count). The number of benzene rings is 2. The Labute approximate surface area is 119 Å². The summed E-state index contributed by atoms with van der Waals surface area (Å²) in [5, 5.41) is 2.57. The van der Waals surface area contributed by atoms with Gasteiger partial charge in [0.2, 0.25) is 6.43 Å². The number of unbranched alkanes of at least 4 members (excludes halogenated alkanes) is 4. The second kappa shape index (κ2) is 7.98. The summed E-state index contributed by atoms with van der Waals surface area (Å²) in [6.45, 7) is 0. The van der Waals surface area contributed by atoms with Crippen molar-refractivity contribution in [2.45, 2.75) is 51.4 Å².